The smallest absolute Gasteiger partial charge is 0.0540 e. The van der Waals surface area contributed by atoms with Crippen molar-refractivity contribution in [1.82, 2.24) is 15.1 Å². The van der Waals surface area contributed by atoms with E-state index in [-0.39, 0.29) is 17.9 Å². The summed E-state index contributed by atoms with van der Waals surface area (Å²) in [6.45, 7) is 5.32. The second-order valence-electron chi connectivity index (χ2n) is 7.63. The van der Waals surface area contributed by atoms with Crippen molar-refractivity contribution in [3.05, 3.63) is 53.3 Å². The largest absolute Gasteiger partial charge is 0.396 e. The van der Waals surface area contributed by atoms with Crippen LogP contribution in [0.25, 0.3) is 0 Å². The minimum absolute atomic E-state index is 0.166. The molecule has 4 heteroatoms. The fourth-order valence-corrected chi connectivity index (χ4v) is 3.82. The molecule has 1 aliphatic carbocycles. The number of fused-ring (bicyclic) bond motifs is 1. The molecule has 2 N–H and O–H groups in total. The van der Waals surface area contributed by atoms with E-state index in [1.807, 2.05) is 24.0 Å². The lowest BCUT2D eigenvalue weighted by atomic mass is 9.75. The molecule has 0 spiro atoms. The topological polar surface area (TPSA) is 50.1 Å². The van der Waals surface area contributed by atoms with E-state index in [0.717, 1.165) is 19.4 Å². The first-order valence-corrected chi connectivity index (χ1v) is 8.93. The molecule has 2 aromatic rings. The quantitative estimate of drug-likeness (QED) is 0.857. The molecule has 24 heavy (non-hydrogen) atoms. The minimum atomic E-state index is -0.166. The third-order valence-corrected chi connectivity index (χ3v) is 5.50. The second-order valence-corrected chi connectivity index (χ2v) is 7.63. The van der Waals surface area contributed by atoms with E-state index in [2.05, 4.69) is 48.5 Å². The molecule has 2 atom stereocenters. The maximum absolute atomic E-state index is 9.88. The van der Waals surface area contributed by atoms with Crippen molar-refractivity contribution in [3.63, 3.8) is 0 Å². The molecule has 1 aromatic carbocycles. The lowest BCUT2D eigenvalue weighted by Gasteiger charge is -2.35. The van der Waals surface area contributed by atoms with Gasteiger partial charge < -0.3 is 10.4 Å². The van der Waals surface area contributed by atoms with Crippen molar-refractivity contribution in [2.75, 3.05) is 13.2 Å². The number of aryl methyl sites for hydroxylation is 1. The summed E-state index contributed by atoms with van der Waals surface area (Å²) in [5.41, 5.74) is 3.82. The summed E-state index contributed by atoms with van der Waals surface area (Å²) in [4.78, 5) is 0. The molecule has 0 fully saturated rings. The first kappa shape index (κ1) is 17.2. The summed E-state index contributed by atoms with van der Waals surface area (Å²) >= 11 is 0. The van der Waals surface area contributed by atoms with Gasteiger partial charge in [0.2, 0.25) is 0 Å². The van der Waals surface area contributed by atoms with Gasteiger partial charge in [-0.05, 0) is 30.2 Å². The van der Waals surface area contributed by atoms with Crippen LogP contribution in [0.5, 0.6) is 0 Å². The Morgan fingerprint density at radius 3 is 2.79 bits per heavy atom. The van der Waals surface area contributed by atoms with Gasteiger partial charge >= 0.3 is 0 Å². The van der Waals surface area contributed by atoms with Crippen LogP contribution in [0.4, 0.5) is 0 Å². The molecular weight excluding hydrogens is 298 g/mol. The van der Waals surface area contributed by atoms with E-state index in [0.29, 0.717) is 6.04 Å². The molecule has 0 amide bonds. The van der Waals surface area contributed by atoms with Crippen LogP contribution < -0.4 is 5.32 Å². The van der Waals surface area contributed by atoms with E-state index in [4.69, 9.17) is 0 Å². The summed E-state index contributed by atoms with van der Waals surface area (Å²) in [5.74, 6) is 0.269. The number of hydrogen-bond donors (Lipinski definition) is 2. The maximum atomic E-state index is 9.88. The zero-order chi connectivity index (χ0) is 17.2. The van der Waals surface area contributed by atoms with Crippen LogP contribution in [0.2, 0.25) is 0 Å². The second kappa shape index (κ2) is 7.08. The Hall–Kier alpha value is -1.65. The van der Waals surface area contributed by atoms with Gasteiger partial charge in [-0.2, -0.15) is 5.10 Å². The number of aliphatic hydroxyl groups excluding tert-OH is 1. The highest BCUT2D eigenvalue weighted by molar-refractivity contribution is 5.26. The fourth-order valence-electron chi connectivity index (χ4n) is 3.82. The molecular formula is C20H29N3O. The van der Waals surface area contributed by atoms with E-state index < -0.39 is 0 Å². The lowest BCUT2D eigenvalue weighted by molar-refractivity contribution is 0.127. The number of nitrogens with one attached hydrogen (secondary N) is 1. The van der Waals surface area contributed by atoms with E-state index in [9.17, 15) is 5.11 Å². The predicted octanol–water partition coefficient (Wildman–Crippen LogP) is 3.19. The molecule has 0 bridgehead atoms. The SMILES string of the molecule is Cn1ncc2c1CCC[C@H]2NC[C@H](c1ccccc1)C(C)(C)CO. The highest BCUT2D eigenvalue weighted by Gasteiger charge is 2.31. The molecule has 4 nitrogen and oxygen atoms in total. The molecule has 0 radical (unpaired) electrons. The summed E-state index contributed by atoms with van der Waals surface area (Å²) in [6.07, 6.45) is 5.48. The van der Waals surface area contributed by atoms with Gasteiger partial charge in [-0.15, -0.1) is 0 Å². The van der Waals surface area contributed by atoms with Crippen LogP contribution in [0, 0.1) is 5.41 Å². The zero-order valence-electron chi connectivity index (χ0n) is 15.0. The molecule has 1 aromatic heterocycles. The fraction of sp³-hybridized carbons (Fsp3) is 0.550. The van der Waals surface area contributed by atoms with Crippen molar-refractivity contribution in [2.24, 2.45) is 12.5 Å². The Labute approximate surface area is 144 Å². The maximum Gasteiger partial charge on any atom is 0.0540 e. The number of aromatic nitrogens is 2. The van der Waals surface area contributed by atoms with Gasteiger partial charge in [0, 0.05) is 43.4 Å². The summed E-state index contributed by atoms with van der Waals surface area (Å²) in [7, 11) is 2.03. The number of rotatable bonds is 6. The Morgan fingerprint density at radius 1 is 1.33 bits per heavy atom. The van der Waals surface area contributed by atoms with Gasteiger partial charge in [-0.3, -0.25) is 4.68 Å². The first-order valence-electron chi connectivity index (χ1n) is 8.93. The molecule has 1 aliphatic rings. The van der Waals surface area contributed by atoms with Crippen LogP contribution in [0.15, 0.2) is 36.5 Å². The lowest BCUT2D eigenvalue weighted by Crippen LogP contribution is -2.36. The Morgan fingerprint density at radius 2 is 2.08 bits per heavy atom. The number of aliphatic hydroxyl groups is 1. The molecule has 130 valence electrons. The van der Waals surface area contributed by atoms with Crippen LogP contribution in [-0.2, 0) is 13.5 Å². The van der Waals surface area contributed by atoms with Crippen molar-refractivity contribution in [2.45, 2.75) is 45.1 Å². The Bertz CT molecular complexity index is 663. The Kier molecular flexibility index (Phi) is 5.07. The predicted molar refractivity (Wildman–Crippen MR) is 96.9 cm³/mol. The van der Waals surface area contributed by atoms with Gasteiger partial charge in [0.05, 0.1) is 6.20 Å². The van der Waals surface area contributed by atoms with Crippen molar-refractivity contribution in [3.8, 4) is 0 Å². The average molecular weight is 327 g/mol. The highest BCUT2D eigenvalue weighted by Crippen LogP contribution is 2.36. The van der Waals surface area contributed by atoms with Crippen LogP contribution in [-0.4, -0.2) is 28.0 Å². The van der Waals surface area contributed by atoms with Gasteiger partial charge in [-0.1, -0.05) is 44.2 Å². The van der Waals surface area contributed by atoms with Gasteiger partial charge in [0.15, 0.2) is 0 Å². The normalized spacial score (nSPS) is 19.1. The molecule has 1 heterocycles. The van der Waals surface area contributed by atoms with Crippen LogP contribution in [0.1, 0.15) is 55.5 Å². The Balaban J connectivity index is 1.77. The van der Waals surface area contributed by atoms with Gasteiger partial charge in [-0.25, -0.2) is 0 Å². The molecule has 0 saturated heterocycles. The van der Waals surface area contributed by atoms with Crippen molar-refractivity contribution < 1.29 is 5.11 Å². The number of benzene rings is 1. The zero-order valence-corrected chi connectivity index (χ0v) is 15.0. The van der Waals surface area contributed by atoms with Crippen LogP contribution >= 0.6 is 0 Å². The first-order chi connectivity index (χ1) is 11.5. The van der Waals surface area contributed by atoms with Crippen molar-refractivity contribution in [1.29, 1.82) is 0 Å². The summed E-state index contributed by atoms with van der Waals surface area (Å²) in [5, 5.41) is 18.1. The number of nitrogens with zero attached hydrogens (tertiary/aromatic N) is 2. The summed E-state index contributed by atoms with van der Waals surface area (Å²) in [6, 6.07) is 10.9. The van der Waals surface area contributed by atoms with Gasteiger partial charge in [0.1, 0.15) is 0 Å². The standard InChI is InChI=1S/C20H29N3O/c1-20(2,14-24)17(15-8-5-4-6-9-15)13-21-18-10-7-11-19-16(18)12-22-23(19)3/h4-6,8-9,12,17-18,21,24H,7,10-11,13-14H2,1-3H3/t17-,18-/m1/s1. The molecule has 0 unspecified atom stereocenters. The van der Waals surface area contributed by atoms with E-state index in [1.165, 1.54) is 23.2 Å². The molecule has 3 rings (SSSR count). The molecule has 0 aliphatic heterocycles. The summed E-state index contributed by atoms with van der Waals surface area (Å²) < 4.78 is 2.01. The number of hydrogen-bond acceptors (Lipinski definition) is 3. The third kappa shape index (κ3) is 3.40. The third-order valence-electron chi connectivity index (χ3n) is 5.50. The highest BCUT2D eigenvalue weighted by atomic mass is 16.3. The van der Waals surface area contributed by atoms with Gasteiger partial charge in [0.25, 0.3) is 0 Å². The average Bonchev–Trinajstić information content (AvgIpc) is 2.98. The van der Waals surface area contributed by atoms with E-state index in [1.54, 1.807) is 0 Å². The van der Waals surface area contributed by atoms with Crippen molar-refractivity contribution >= 4 is 0 Å². The molecule has 0 saturated carbocycles. The van der Waals surface area contributed by atoms with E-state index >= 15 is 0 Å². The minimum Gasteiger partial charge on any atom is -0.396 e. The van der Waals surface area contributed by atoms with Crippen LogP contribution in [0.3, 0.4) is 0 Å². The monoisotopic (exact) mass is 327 g/mol.